The molecule has 4 atom stereocenters. The average Bonchev–Trinajstić information content (AvgIpc) is 3.39. The average molecular weight is 653 g/mol. The third-order valence-electron chi connectivity index (χ3n) is 6.99. The third-order valence-corrected chi connectivity index (χ3v) is 7.87. The van der Waals surface area contributed by atoms with Crippen molar-refractivity contribution < 1.29 is 33.3 Å². The molecule has 1 aliphatic rings. The number of nitrogens with one attached hydrogen (secondary N) is 1. The second-order valence-corrected chi connectivity index (χ2v) is 16.5. The summed E-state index contributed by atoms with van der Waals surface area (Å²) >= 11 is 0. The lowest BCUT2D eigenvalue weighted by atomic mass is 10.1. The fraction of sp³-hybridized carbons (Fsp3) is 0.229. The maximum Gasteiger partial charge on any atom is 0.338 e. The minimum absolute atomic E-state index is 0.0134. The van der Waals surface area contributed by atoms with Gasteiger partial charge in [0.1, 0.15) is 26.3 Å². The molecule has 240 valence electrons. The molecule has 0 unspecified atom stereocenters. The Hall–Kier alpha value is -5.51. The Kier molecular flexibility index (Phi) is 9.99. The lowest BCUT2D eigenvalue weighted by molar-refractivity contribution is -0.0640. The van der Waals surface area contributed by atoms with Crippen LogP contribution in [-0.4, -0.2) is 60.5 Å². The van der Waals surface area contributed by atoms with Crippen molar-refractivity contribution in [1.29, 1.82) is 0 Å². The van der Waals surface area contributed by atoms with Gasteiger partial charge in [-0.3, -0.25) is 14.3 Å². The molecular weight excluding hydrogens is 620 g/mol. The first kappa shape index (κ1) is 32.9. The maximum absolute atomic E-state index is 13.4. The van der Waals surface area contributed by atoms with Crippen LogP contribution in [0.25, 0.3) is 0 Å². The Balaban J connectivity index is 1.57. The number of hydrogen-bond donors (Lipinski definition) is 1. The van der Waals surface area contributed by atoms with Gasteiger partial charge in [-0.15, -0.1) is 5.54 Å². The van der Waals surface area contributed by atoms with Gasteiger partial charge in [-0.1, -0.05) is 80.2 Å². The Morgan fingerprint density at radius 2 is 1.26 bits per heavy atom. The van der Waals surface area contributed by atoms with E-state index in [2.05, 4.69) is 16.4 Å². The van der Waals surface area contributed by atoms with E-state index in [1.165, 1.54) is 18.3 Å². The molecule has 0 spiro atoms. The Labute approximate surface area is 271 Å². The topological polar surface area (TPSA) is 143 Å². The van der Waals surface area contributed by atoms with Crippen molar-refractivity contribution >= 4 is 26.0 Å². The molecule has 0 saturated carbocycles. The first-order valence-corrected chi connectivity index (χ1v) is 18.3. The van der Waals surface area contributed by atoms with Gasteiger partial charge in [0, 0.05) is 6.20 Å². The molecule has 0 amide bonds. The van der Waals surface area contributed by atoms with Crippen LogP contribution in [0, 0.1) is 11.5 Å². The summed E-state index contributed by atoms with van der Waals surface area (Å²) in [4.78, 5) is 67.8. The summed E-state index contributed by atoms with van der Waals surface area (Å²) in [5.74, 6) is 0.621. The number of H-pyrrole nitrogens is 1. The van der Waals surface area contributed by atoms with Gasteiger partial charge in [-0.25, -0.2) is 19.2 Å². The zero-order valence-corrected chi connectivity index (χ0v) is 26.9. The first-order valence-electron chi connectivity index (χ1n) is 14.8. The second kappa shape index (κ2) is 14.3. The highest BCUT2D eigenvalue weighted by Gasteiger charge is 2.51. The van der Waals surface area contributed by atoms with Crippen molar-refractivity contribution in [1.82, 2.24) is 9.55 Å². The van der Waals surface area contributed by atoms with Crippen molar-refractivity contribution in [2.24, 2.45) is 0 Å². The molecule has 1 fully saturated rings. The molecule has 12 heteroatoms. The molecule has 11 nitrogen and oxygen atoms in total. The molecule has 3 aromatic carbocycles. The van der Waals surface area contributed by atoms with Gasteiger partial charge in [0.25, 0.3) is 5.56 Å². The van der Waals surface area contributed by atoms with Gasteiger partial charge < -0.3 is 18.9 Å². The van der Waals surface area contributed by atoms with Gasteiger partial charge in [0.05, 0.1) is 16.7 Å². The van der Waals surface area contributed by atoms with Crippen LogP contribution in [0.2, 0.25) is 19.6 Å². The van der Waals surface area contributed by atoms with Crippen LogP contribution in [-0.2, 0) is 18.9 Å². The minimum Gasteiger partial charge on any atom is -0.459 e. The van der Waals surface area contributed by atoms with Crippen LogP contribution in [0.15, 0.2) is 107 Å². The molecule has 0 radical (unpaired) electrons. The van der Waals surface area contributed by atoms with E-state index in [9.17, 15) is 24.0 Å². The van der Waals surface area contributed by atoms with Crippen LogP contribution in [0.3, 0.4) is 0 Å². The minimum atomic E-state index is -1.93. The summed E-state index contributed by atoms with van der Waals surface area (Å²) < 4.78 is 24.6. The monoisotopic (exact) mass is 652 g/mol. The second-order valence-electron chi connectivity index (χ2n) is 11.7. The van der Waals surface area contributed by atoms with E-state index in [1.54, 1.807) is 78.9 Å². The number of nitrogens with zero attached hydrogens (tertiary/aromatic N) is 1. The zero-order chi connectivity index (χ0) is 33.6. The first-order chi connectivity index (χ1) is 22.5. The quantitative estimate of drug-likeness (QED) is 0.129. The summed E-state index contributed by atoms with van der Waals surface area (Å²) in [6.45, 7) is 5.56. The summed E-state index contributed by atoms with van der Waals surface area (Å²) in [5, 5.41) is 0. The van der Waals surface area contributed by atoms with E-state index in [4.69, 9.17) is 18.9 Å². The van der Waals surface area contributed by atoms with E-state index >= 15 is 0 Å². The summed E-state index contributed by atoms with van der Waals surface area (Å²) in [6.07, 6.45) is -4.20. The highest BCUT2D eigenvalue weighted by atomic mass is 28.3. The fourth-order valence-corrected chi connectivity index (χ4v) is 5.21. The third kappa shape index (κ3) is 8.21. The number of hydrogen-bond acceptors (Lipinski definition) is 9. The lowest BCUT2D eigenvalue weighted by Crippen LogP contribution is -2.43. The summed E-state index contributed by atoms with van der Waals surface area (Å²) in [7, 11) is -1.93. The van der Waals surface area contributed by atoms with Crippen molar-refractivity contribution in [2.45, 2.75) is 44.2 Å². The van der Waals surface area contributed by atoms with E-state index in [1.807, 2.05) is 19.6 Å². The fourth-order valence-electron chi connectivity index (χ4n) is 4.70. The number of carbonyl (C=O) groups is 3. The lowest BCUT2D eigenvalue weighted by Gasteiger charge is -2.25. The van der Waals surface area contributed by atoms with E-state index in [0.717, 1.165) is 4.57 Å². The predicted octanol–water partition coefficient (Wildman–Crippen LogP) is 3.97. The van der Waals surface area contributed by atoms with Crippen molar-refractivity contribution in [3.8, 4) is 11.5 Å². The highest BCUT2D eigenvalue weighted by molar-refractivity contribution is 6.83. The Bertz CT molecular complexity index is 1920. The smallest absolute Gasteiger partial charge is 0.338 e. The number of aromatic nitrogens is 2. The highest BCUT2D eigenvalue weighted by Crippen LogP contribution is 2.35. The summed E-state index contributed by atoms with van der Waals surface area (Å²) in [5.41, 5.74) is 2.16. The molecule has 0 bridgehead atoms. The molecule has 1 aliphatic heterocycles. The molecule has 2 heterocycles. The van der Waals surface area contributed by atoms with E-state index in [0.29, 0.717) is 0 Å². The van der Waals surface area contributed by atoms with E-state index in [-0.39, 0.29) is 22.3 Å². The number of esters is 3. The normalized spacial score (nSPS) is 18.8. The standard InChI is InChI=1S/C35H32N2O9Si/c1-47(2,3)20-19-26-21-37(35(42)36-30(26)38)31-29(46-34(41)25-17-11-6-12-18-25)28(45-33(40)24-15-9-5-10-16-24)27(44-31)22-43-32(39)23-13-7-4-8-14-23/h4-18,21,27-29,31H,22H2,1-3H3,(H,36,38,42)/t27-,28-,29+,31-/m1/s1. The number of aromatic amines is 1. The number of carbonyl (C=O) groups excluding carboxylic acids is 3. The van der Waals surface area contributed by atoms with E-state index < -0.39 is 68.4 Å². The van der Waals surface area contributed by atoms with Crippen molar-refractivity contribution in [2.75, 3.05) is 6.61 Å². The predicted molar refractivity (Wildman–Crippen MR) is 173 cm³/mol. The van der Waals surface area contributed by atoms with Gasteiger partial charge in [0.15, 0.2) is 18.4 Å². The van der Waals surface area contributed by atoms with Crippen molar-refractivity contribution in [3.05, 3.63) is 140 Å². The molecule has 5 rings (SSSR count). The molecule has 1 N–H and O–H groups in total. The molecule has 4 aromatic rings. The van der Waals surface area contributed by atoms with Crippen LogP contribution >= 0.6 is 0 Å². The molecule has 1 saturated heterocycles. The number of benzene rings is 3. The molecule has 0 aliphatic carbocycles. The zero-order valence-electron chi connectivity index (χ0n) is 25.9. The largest absolute Gasteiger partial charge is 0.459 e. The Morgan fingerprint density at radius 3 is 1.77 bits per heavy atom. The van der Waals surface area contributed by atoms with Crippen LogP contribution in [0.1, 0.15) is 42.9 Å². The van der Waals surface area contributed by atoms with Gasteiger partial charge >= 0.3 is 23.6 Å². The van der Waals surface area contributed by atoms with Crippen LogP contribution < -0.4 is 11.2 Å². The molecular formula is C35H32N2O9Si. The molecule has 47 heavy (non-hydrogen) atoms. The summed E-state index contributed by atoms with van der Waals surface area (Å²) in [6, 6.07) is 24.4. The number of rotatable bonds is 8. The maximum atomic E-state index is 13.4. The number of ether oxygens (including phenoxy) is 4. The van der Waals surface area contributed by atoms with Crippen LogP contribution in [0.5, 0.6) is 0 Å². The van der Waals surface area contributed by atoms with Gasteiger partial charge in [-0.05, 0) is 36.4 Å². The van der Waals surface area contributed by atoms with Crippen LogP contribution in [0.4, 0.5) is 0 Å². The molecule has 1 aromatic heterocycles. The van der Waals surface area contributed by atoms with Crippen molar-refractivity contribution in [3.63, 3.8) is 0 Å². The van der Waals surface area contributed by atoms with Gasteiger partial charge in [0.2, 0.25) is 0 Å². The SMILES string of the molecule is C[Si](C)(C)C#Cc1cn([C@@H]2O[C@H](COC(=O)c3ccccc3)[C@@H](OC(=O)c3ccccc3)[C@@H]2OC(=O)c2ccccc2)c(=O)[nH]c1=O. The Morgan fingerprint density at radius 1 is 0.766 bits per heavy atom. The van der Waals surface area contributed by atoms with Gasteiger partial charge in [-0.2, -0.15) is 0 Å².